The monoisotopic (exact) mass is 360 g/mol. The van der Waals surface area contributed by atoms with Crippen LogP contribution in [-0.2, 0) is 4.74 Å². The highest BCUT2D eigenvalue weighted by molar-refractivity contribution is 5.83. The van der Waals surface area contributed by atoms with Crippen molar-refractivity contribution in [1.29, 1.82) is 0 Å². The molecular weight excluding hydrogens is 340 g/mol. The van der Waals surface area contributed by atoms with Crippen molar-refractivity contribution < 1.29 is 4.74 Å². The Labute approximate surface area is 156 Å². The molecule has 0 spiro atoms. The Kier molecular flexibility index (Phi) is 3.94. The van der Waals surface area contributed by atoms with Crippen molar-refractivity contribution in [2.75, 3.05) is 19.0 Å². The molecular formula is C20H20N6O. The van der Waals surface area contributed by atoms with Gasteiger partial charge in [-0.2, -0.15) is 0 Å². The first kappa shape index (κ1) is 16.1. The zero-order chi connectivity index (χ0) is 18.2. The number of hydrogen-bond acceptors (Lipinski definition) is 6. The summed E-state index contributed by atoms with van der Waals surface area (Å²) in [5, 5.41) is 8.01. The number of methoxy groups -OCH3 is 1. The Balaban J connectivity index is 1.40. The molecule has 0 saturated heterocycles. The molecule has 4 aromatic rings. The molecule has 0 radical (unpaired) electrons. The molecule has 0 atom stereocenters. The number of aromatic nitrogens is 5. The van der Waals surface area contributed by atoms with E-state index in [-0.39, 0.29) is 0 Å². The minimum atomic E-state index is 0.423. The number of fused-ring (bicyclic) bond motifs is 2. The van der Waals surface area contributed by atoms with Crippen LogP contribution in [-0.4, -0.2) is 44.3 Å². The number of nitrogens with zero attached hydrogens (tertiary/aromatic N) is 5. The maximum Gasteiger partial charge on any atom is 0.241 e. The summed E-state index contributed by atoms with van der Waals surface area (Å²) in [7, 11) is 1.75. The minimum absolute atomic E-state index is 0.423. The third-order valence-corrected chi connectivity index (χ3v) is 5.12. The van der Waals surface area contributed by atoms with Crippen LogP contribution in [0.1, 0.15) is 12.8 Å². The van der Waals surface area contributed by atoms with E-state index in [0.29, 0.717) is 17.9 Å². The summed E-state index contributed by atoms with van der Waals surface area (Å²) < 4.78 is 7.05. The van der Waals surface area contributed by atoms with Crippen molar-refractivity contribution >= 4 is 22.5 Å². The number of hydrogen-bond donors (Lipinski definition) is 1. The molecule has 0 aliphatic heterocycles. The molecule has 5 rings (SSSR count). The molecule has 4 heterocycles. The van der Waals surface area contributed by atoms with E-state index in [4.69, 9.17) is 9.72 Å². The van der Waals surface area contributed by atoms with Gasteiger partial charge in [0.15, 0.2) is 0 Å². The minimum Gasteiger partial charge on any atom is -0.384 e. The molecule has 1 saturated carbocycles. The molecule has 1 fully saturated rings. The van der Waals surface area contributed by atoms with E-state index in [9.17, 15) is 0 Å². The molecule has 0 aromatic carbocycles. The molecule has 1 aliphatic rings. The number of pyridine rings is 2. The second-order valence-corrected chi connectivity index (χ2v) is 7.01. The topological polar surface area (TPSA) is 77.2 Å². The normalized spacial score (nSPS) is 19.3. The average molecular weight is 360 g/mol. The Bertz CT molecular complexity index is 1100. The fourth-order valence-electron chi connectivity index (χ4n) is 3.70. The van der Waals surface area contributed by atoms with Crippen LogP contribution in [0.5, 0.6) is 0 Å². The van der Waals surface area contributed by atoms with Crippen LogP contribution < -0.4 is 5.32 Å². The van der Waals surface area contributed by atoms with Gasteiger partial charge < -0.3 is 10.1 Å². The maximum absolute atomic E-state index is 5.20. The van der Waals surface area contributed by atoms with Gasteiger partial charge in [-0.3, -0.25) is 4.98 Å². The lowest BCUT2D eigenvalue weighted by molar-refractivity contribution is 0.104. The second-order valence-electron chi connectivity index (χ2n) is 7.01. The van der Waals surface area contributed by atoms with Gasteiger partial charge in [0, 0.05) is 37.7 Å². The lowest BCUT2D eigenvalue weighted by atomic mass is 9.81. The van der Waals surface area contributed by atoms with E-state index in [0.717, 1.165) is 47.3 Å². The first-order chi connectivity index (χ1) is 13.3. The molecule has 0 unspecified atom stereocenters. The zero-order valence-corrected chi connectivity index (χ0v) is 15.0. The fourth-order valence-corrected chi connectivity index (χ4v) is 3.70. The van der Waals surface area contributed by atoms with E-state index in [1.54, 1.807) is 13.3 Å². The molecule has 0 bridgehead atoms. The number of anilines is 1. The van der Waals surface area contributed by atoms with Crippen molar-refractivity contribution in [3.63, 3.8) is 0 Å². The van der Waals surface area contributed by atoms with E-state index in [1.807, 2.05) is 47.2 Å². The number of ether oxygens (including phenoxy) is 1. The maximum atomic E-state index is 5.20. The summed E-state index contributed by atoms with van der Waals surface area (Å²) in [6.07, 6.45) is 7.77. The zero-order valence-electron chi connectivity index (χ0n) is 15.0. The van der Waals surface area contributed by atoms with Crippen LogP contribution in [0.25, 0.3) is 27.8 Å². The van der Waals surface area contributed by atoms with Crippen LogP contribution in [0.15, 0.2) is 48.9 Å². The molecule has 136 valence electrons. The van der Waals surface area contributed by atoms with Gasteiger partial charge in [-0.15, -0.1) is 5.10 Å². The summed E-state index contributed by atoms with van der Waals surface area (Å²) in [5.41, 5.74) is 4.60. The highest BCUT2D eigenvalue weighted by atomic mass is 16.5. The van der Waals surface area contributed by atoms with Gasteiger partial charge in [0.05, 0.1) is 28.4 Å². The van der Waals surface area contributed by atoms with Crippen LogP contribution in [0, 0.1) is 5.92 Å². The smallest absolute Gasteiger partial charge is 0.241 e. The second kappa shape index (κ2) is 6.59. The van der Waals surface area contributed by atoms with E-state index >= 15 is 0 Å². The van der Waals surface area contributed by atoms with E-state index < -0.39 is 0 Å². The van der Waals surface area contributed by atoms with Gasteiger partial charge in [-0.1, -0.05) is 0 Å². The van der Waals surface area contributed by atoms with E-state index in [1.165, 1.54) is 0 Å². The molecule has 27 heavy (non-hydrogen) atoms. The van der Waals surface area contributed by atoms with Crippen molar-refractivity contribution in [3.8, 4) is 11.3 Å². The molecule has 7 heteroatoms. The number of nitrogens with one attached hydrogen (secondary N) is 1. The van der Waals surface area contributed by atoms with Gasteiger partial charge in [0.1, 0.15) is 0 Å². The van der Waals surface area contributed by atoms with Crippen LogP contribution >= 0.6 is 0 Å². The predicted molar refractivity (Wildman–Crippen MR) is 104 cm³/mol. The molecule has 1 N–H and O–H groups in total. The summed E-state index contributed by atoms with van der Waals surface area (Å²) >= 11 is 0. The molecule has 7 nitrogen and oxygen atoms in total. The van der Waals surface area contributed by atoms with E-state index in [2.05, 4.69) is 20.4 Å². The summed E-state index contributed by atoms with van der Waals surface area (Å²) in [4.78, 5) is 13.6. The van der Waals surface area contributed by atoms with Crippen LogP contribution in [0.3, 0.4) is 0 Å². The van der Waals surface area contributed by atoms with Crippen LogP contribution in [0.4, 0.5) is 5.95 Å². The van der Waals surface area contributed by atoms with Crippen molar-refractivity contribution in [2.45, 2.75) is 18.9 Å². The molecule has 4 aromatic heterocycles. The Hall–Kier alpha value is -3.06. The predicted octanol–water partition coefficient (Wildman–Crippen LogP) is 3.18. The Morgan fingerprint density at radius 3 is 2.96 bits per heavy atom. The highest BCUT2D eigenvalue weighted by Gasteiger charge is 2.29. The largest absolute Gasteiger partial charge is 0.384 e. The van der Waals surface area contributed by atoms with Gasteiger partial charge in [-0.05, 0) is 49.1 Å². The fraction of sp³-hybridized carbons (Fsp3) is 0.300. The molecule has 1 aliphatic carbocycles. The summed E-state index contributed by atoms with van der Waals surface area (Å²) in [6.45, 7) is 0.827. The standard InChI is InChI=1S/C20H20N6O/c1-27-12-13-9-14(10-13)23-20-22-11-19-15(6-8-26(19)25-20)16-4-5-17-18(24-16)3-2-7-21-17/h2-8,11,13-14H,9-10,12H2,1H3,(H,23,25)/t13-,14-. The summed E-state index contributed by atoms with van der Waals surface area (Å²) in [5.74, 6) is 1.30. The third kappa shape index (κ3) is 3.00. The lowest BCUT2D eigenvalue weighted by Crippen LogP contribution is -2.38. The quantitative estimate of drug-likeness (QED) is 0.589. The van der Waals surface area contributed by atoms with Gasteiger partial charge >= 0.3 is 0 Å². The first-order valence-corrected chi connectivity index (χ1v) is 9.12. The third-order valence-electron chi connectivity index (χ3n) is 5.12. The van der Waals surface area contributed by atoms with Gasteiger partial charge in [0.25, 0.3) is 0 Å². The Morgan fingerprint density at radius 1 is 1.15 bits per heavy atom. The summed E-state index contributed by atoms with van der Waals surface area (Å²) in [6, 6.07) is 10.3. The lowest BCUT2D eigenvalue weighted by Gasteiger charge is -2.35. The van der Waals surface area contributed by atoms with Crippen LogP contribution in [0.2, 0.25) is 0 Å². The van der Waals surface area contributed by atoms with Crippen molar-refractivity contribution in [2.24, 2.45) is 5.92 Å². The van der Waals surface area contributed by atoms with Gasteiger partial charge in [-0.25, -0.2) is 14.5 Å². The Morgan fingerprint density at radius 2 is 2.07 bits per heavy atom. The van der Waals surface area contributed by atoms with Gasteiger partial charge in [0.2, 0.25) is 5.95 Å². The SMILES string of the molecule is COC[C@H]1C[C@H](Nc2ncc3c(-c4ccc5ncccc5n4)ccn3n2)C1. The molecule has 0 amide bonds. The van der Waals surface area contributed by atoms with Crippen molar-refractivity contribution in [1.82, 2.24) is 24.6 Å². The number of rotatable bonds is 5. The first-order valence-electron chi connectivity index (χ1n) is 9.12. The van der Waals surface area contributed by atoms with Crippen molar-refractivity contribution in [3.05, 3.63) is 48.9 Å². The highest BCUT2D eigenvalue weighted by Crippen LogP contribution is 2.30. The average Bonchev–Trinajstić information content (AvgIpc) is 3.09.